The average molecular weight is 255 g/mol. The second-order valence-electron chi connectivity index (χ2n) is 4.01. The summed E-state index contributed by atoms with van der Waals surface area (Å²) in [6.07, 6.45) is 0.915. The van der Waals surface area contributed by atoms with Crippen molar-refractivity contribution < 1.29 is 13.2 Å². The van der Waals surface area contributed by atoms with Crippen LogP contribution >= 0.6 is 0 Å². The number of rotatable bonds is 3. The van der Waals surface area contributed by atoms with Crippen molar-refractivity contribution in [3.63, 3.8) is 0 Å². The van der Waals surface area contributed by atoms with E-state index in [0.29, 0.717) is 31.2 Å². The molecule has 1 heterocycles. The molecule has 0 N–H and O–H groups in total. The van der Waals surface area contributed by atoms with E-state index in [1.165, 1.54) is 4.31 Å². The molecule has 1 fully saturated rings. The summed E-state index contributed by atoms with van der Waals surface area (Å²) in [5.74, 6) is 0. The maximum Gasteiger partial charge on any atom is 0.243 e. The van der Waals surface area contributed by atoms with Gasteiger partial charge in [0.1, 0.15) is 0 Å². The molecular weight excluding hydrogens is 238 g/mol. The quantitative estimate of drug-likeness (QED) is 0.817. The smallest absolute Gasteiger partial charge is 0.243 e. The van der Waals surface area contributed by atoms with Gasteiger partial charge >= 0.3 is 0 Å². The summed E-state index contributed by atoms with van der Waals surface area (Å²) in [6, 6.07) is 7.11. The van der Waals surface area contributed by atoms with Gasteiger partial charge in [0.15, 0.2) is 0 Å². The summed E-state index contributed by atoms with van der Waals surface area (Å²) in [5, 5.41) is 0. The minimum Gasteiger partial charge on any atom is -0.379 e. The van der Waals surface area contributed by atoms with Crippen molar-refractivity contribution in [3.8, 4) is 0 Å². The lowest BCUT2D eigenvalue weighted by Crippen LogP contribution is -2.40. The van der Waals surface area contributed by atoms with Crippen LogP contribution < -0.4 is 0 Å². The monoisotopic (exact) mass is 255 g/mol. The first kappa shape index (κ1) is 12.5. The van der Waals surface area contributed by atoms with E-state index in [2.05, 4.69) is 0 Å². The molecule has 0 bridgehead atoms. The molecule has 2 rings (SSSR count). The molecule has 1 aromatic rings. The first-order valence-corrected chi connectivity index (χ1v) is 7.25. The van der Waals surface area contributed by atoms with E-state index in [1.54, 1.807) is 12.1 Å². The third-order valence-electron chi connectivity index (χ3n) is 2.94. The van der Waals surface area contributed by atoms with Crippen LogP contribution in [-0.2, 0) is 21.2 Å². The molecule has 0 spiro atoms. The van der Waals surface area contributed by atoms with Crippen LogP contribution in [0.3, 0.4) is 0 Å². The Kier molecular flexibility index (Phi) is 3.81. The van der Waals surface area contributed by atoms with E-state index in [9.17, 15) is 8.42 Å². The molecule has 0 radical (unpaired) electrons. The molecule has 1 aliphatic rings. The van der Waals surface area contributed by atoms with Crippen LogP contribution in [0.5, 0.6) is 0 Å². The maximum absolute atomic E-state index is 12.3. The normalized spacial score (nSPS) is 18.2. The SMILES string of the molecule is CCc1ccc(S(=O)(=O)N2CCOCC2)cc1. The molecule has 1 saturated heterocycles. The van der Waals surface area contributed by atoms with Crippen LogP contribution in [0.4, 0.5) is 0 Å². The molecule has 1 aliphatic heterocycles. The highest BCUT2D eigenvalue weighted by Gasteiger charge is 2.25. The van der Waals surface area contributed by atoms with Crippen molar-refractivity contribution in [1.29, 1.82) is 0 Å². The fourth-order valence-corrected chi connectivity index (χ4v) is 3.24. The highest BCUT2D eigenvalue weighted by molar-refractivity contribution is 7.89. The second kappa shape index (κ2) is 5.16. The minimum atomic E-state index is -3.33. The zero-order chi connectivity index (χ0) is 12.3. The zero-order valence-electron chi connectivity index (χ0n) is 9.93. The van der Waals surface area contributed by atoms with Gasteiger partial charge in [-0.2, -0.15) is 4.31 Å². The van der Waals surface area contributed by atoms with Gasteiger partial charge in [-0.05, 0) is 24.1 Å². The van der Waals surface area contributed by atoms with Crippen LogP contribution in [0.25, 0.3) is 0 Å². The first-order valence-electron chi connectivity index (χ1n) is 5.81. The molecule has 0 aliphatic carbocycles. The van der Waals surface area contributed by atoms with Gasteiger partial charge in [-0.1, -0.05) is 19.1 Å². The Bertz CT molecular complexity index is 461. The Morgan fingerprint density at radius 2 is 1.76 bits per heavy atom. The molecule has 5 heteroatoms. The summed E-state index contributed by atoms with van der Waals surface area (Å²) in [7, 11) is -3.33. The van der Waals surface area contributed by atoms with Gasteiger partial charge in [0.05, 0.1) is 18.1 Å². The van der Waals surface area contributed by atoms with Crippen LogP contribution in [0.15, 0.2) is 29.2 Å². The van der Waals surface area contributed by atoms with Crippen molar-refractivity contribution in [2.45, 2.75) is 18.2 Å². The predicted octanol–water partition coefficient (Wildman–Crippen LogP) is 1.27. The van der Waals surface area contributed by atoms with E-state index in [0.717, 1.165) is 12.0 Å². The summed E-state index contributed by atoms with van der Waals surface area (Å²) in [4.78, 5) is 0.372. The molecule has 4 nitrogen and oxygen atoms in total. The molecule has 0 saturated carbocycles. The zero-order valence-corrected chi connectivity index (χ0v) is 10.7. The van der Waals surface area contributed by atoms with Gasteiger partial charge in [-0.15, -0.1) is 0 Å². The van der Waals surface area contributed by atoms with Gasteiger partial charge in [0.25, 0.3) is 0 Å². The molecule has 0 unspecified atom stereocenters. The Hall–Kier alpha value is -0.910. The van der Waals surface area contributed by atoms with E-state index >= 15 is 0 Å². The summed E-state index contributed by atoms with van der Waals surface area (Å²) in [5.41, 5.74) is 1.14. The third kappa shape index (κ3) is 2.68. The molecule has 0 aromatic heterocycles. The summed E-state index contributed by atoms with van der Waals surface area (Å²) >= 11 is 0. The van der Waals surface area contributed by atoms with E-state index < -0.39 is 10.0 Å². The summed E-state index contributed by atoms with van der Waals surface area (Å²) in [6.45, 7) is 3.89. The Morgan fingerprint density at radius 1 is 1.18 bits per heavy atom. The van der Waals surface area contributed by atoms with Crippen LogP contribution in [0.2, 0.25) is 0 Å². The number of sulfonamides is 1. The highest BCUT2D eigenvalue weighted by atomic mass is 32.2. The largest absolute Gasteiger partial charge is 0.379 e. The van der Waals surface area contributed by atoms with E-state index in [1.807, 2.05) is 19.1 Å². The number of hydrogen-bond acceptors (Lipinski definition) is 3. The average Bonchev–Trinajstić information content (AvgIpc) is 2.40. The first-order chi connectivity index (χ1) is 8.14. The molecule has 0 amide bonds. The standard InChI is InChI=1S/C12H17NO3S/c1-2-11-3-5-12(6-4-11)17(14,15)13-7-9-16-10-8-13/h3-6H,2,7-10H2,1H3. The molecule has 94 valence electrons. The Labute approximate surface area is 102 Å². The number of hydrogen-bond donors (Lipinski definition) is 0. The van der Waals surface area contributed by atoms with Gasteiger partial charge in [0, 0.05) is 13.1 Å². The number of benzene rings is 1. The van der Waals surface area contributed by atoms with Gasteiger partial charge in [0.2, 0.25) is 10.0 Å². The topological polar surface area (TPSA) is 46.6 Å². The van der Waals surface area contributed by atoms with Crippen molar-refractivity contribution in [2.75, 3.05) is 26.3 Å². The number of morpholine rings is 1. The van der Waals surface area contributed by atoms with Crippen molar-refractivity contribution in [2.24, 2.45) is 0 Å². The molecule has 1 aromatic carbocycles. The van der Waals surface area contributed by atoms with Gasteiger partial charge in [-0.25, -0.2) is 8.42 Å². The summed E-state index contributed by atoms with van der Waals surface area (Å²) < 4.78 is 31.2. The number of ether oxygens (including phenoxy) is 1. The van der Waals surface area contributed by atoms with E-state index in [4.69, 9.17) is 4.74 Å². The number of aryl methyl sites for hydroxylation is 1. The fraction of sp³-hybridized carbons (Fsp3) is 0.500. The molecular formula is C12H17NO3S. The molecule has 17 heavy (non-hydrogen) atoms. The van der Waals surface area contributed by atoms with Crippen LogP contribution in [0, 0.1) is 0 Å². The predicted molar refractivity (Wildman–Crippen MR) is 65.4 cm³/mol. The lowest BCUT2D eigenvalue weighted by atomic mass is 10.2. The third-order valence-corrected chi connectivity index (χ3v) is 4.85. The van der Waals surface area contributed by atoms with Crippen LogP contribution in [0.1, 0.15) is 12.5 Å². The van der Waals surface area contributed by atoms with Crippen molar-refractivity contribution in [1.82, 2.24) is 4.31 Å². The minimum absolute atomic E-state index is 0.372. The Morgan fingerprint density at radius 3 is 2.29 bits per heavy atom. The highest BCUT2D eigenvalue weighted by Crippen LogP contribution is 2.17. The Balaban J connectivity index is 2.23. The van der Waals surface area contributed by atoms with E-state index in [-0.39, 0.29) is 0 Å². The van der Waals surface area contributed by atoms with Crippen molar-refractivity contribution >= 4 is 10.0 Å². The van der Waals surface area contributed by atoms with Gasteiger partial charge in [-0.3, -0.25) is 0 Å². The van der Waals surface area contributed by atoms with Crippen molar-refractivity contribution in [3.05, 3.63) is 29.8 Å². The lowest BCUT2D eigenvalue weighted by Gasteiger charge is -2.26. The fourth-order valence-electron chi connectivity index (χ4n) is 1.83. The maximum atomic E-state index is 12.3. The van der Waals surface area contributed by atoms with Crippen LogP contribution in [-0.4, -0.2) is 39.0 Å². The lowest BCUT2D eigenvalue weighted by molar-refractivity contribution is 0.0730. The molecule has 0 atom stereocenters. The second-order valence-corrected chi connectivity index (χ2v) is 5.95. The van der Waals surface area contributed by atoms with Gasteiger partial charge < -0.3 is 4.74 Å². The number of nitrogens with zero attached hydrogens (tertiary/aromatic N) is 1.